The molecule has 1 aliphatic heterocycles. The minimum absolute atomic E-state index is 0.210. The first-order chi connectivity index (χ1) is 9.95. The molecule has 0 aliphatic carbocycles. The predicted octanol–water partition coefficient (Wildman–Crippen LogP) is 2.85. The molecule has 0 spiro atoms. The van der Waals surface area contributed by atoms with E-state index in [-0.39, 0.29) is 11.8 Å². The molecule has 0 radical (unpaired) electrons. The van der Waals surface area contributed by atoms with Crippen molar-refractivity contribution in [3.63, 3.8) is 0 Å². The fraction of sp³-hybridized carbons (Fsp3) is 0.467. The fourth-order valence-electron chi connectivity index (χ4n) is 2.53. The van der Waals surface area contributed by atoms with Gasteiger partial charge in [-0.1, -0.05) is 6.08 Å². The minimum atomic E-state index is -4.39. The number of hydrogen-bond donors (Lipinski definition) is 1. The van der Waals surface area contributed by atoms with Gasteiger partial charge < -0.3 is 10.1 Å². The molecule has 1 fully saturated rings. The second-order valence-electron chi connectivity index (χ2n) is 4.96. The van der Waals surface area contributed by atoms with E-state index in [4.69, 9.17) is 4.74 Å². The molecule has 0 unspecified atom stereocenters. The van der Waals surface area contributed by atoms with Crippen LogP contribution in [0.25, 0.3) is 0 Å². The average molecular weight is 300 g/mol. The Morgan fingerprint density at radius 3 is 2.48 bits per heavy atom. The lowest BCUT2D eigenvalue weighted by Gasteiger charge is -2.33. The van der Waals surface area contributed by atoms with Crippen LogP contribution in [-0.4, -0.2) is 38.2 Å². The van der Waals surface area contributed by atoms with E-state index in [2.05, 4.69) is 16.8 Å². The third kappa shape index (κ3) is 3.77. The number of benzene rings is 1. The zero-order valence-electron chi connectivity index (χ0n) is 11.9. The Bertz CT molecular complexity index is 496. The highest BCUT2D eigenvalue weighted by Gasteiger charge is 2.32. The van der Waals surface area contributed by atoms with Crippen molar-refractivity contribution in [2.24, 2.45) is 0 Å². The lowest BCUT2D eigenvalue weighted by Crippen LogP contribution is -2.44. The SMILES string of the molecule is C=C[C@H](c1cc(OC)cc(C(F)(F)F)c1)N1CCNCC1. The molecular weight excluding hydrogens is 281 g/mol. The molecule has 0 bridgehead atoms. The Hall–Kier alpha value is -1.53. The number of ether oxygens (including phenoxy) is 1. The van der Waals surface area contributed by atoms with Crippen LogP contribution in [-0.2, 0) is 6.18 Å². The summed E-state index contributed by atoms with van der Waals surface area (Å²) in [7, 11) is 1.37. The molecule has 0 amide bonds. The normalized spacial score (nSPS) is 18.3. The van der Waals surface area contributed by atoms with E-state index in [0.29, 0.717) is 5.56 Å². The van der Waals surface area contributed by atoms with Gasteiger partial charge in [-0.25, -0.2) is 0 Å². The van der Waals surface area contributed by atoms with Crippen LogP contribution in [0.2, 0.25) is 0 Å². The van der Waals surface area contributed by atoms with Crippen molar-refractivity contribution in [1.29, 1.82) is 0 Å². The smallest absolute Gasteiger partial charge is 0.416 e. The molecule has 1 aromatic carbocycles. The molecule has 1 heterocycles. The first-order valence-corrected chi connectivity index (χ1v) is 6.79. The summed E-state index contributed by atoms with van der Waals surface area (Å²) in [6, 6.07) is 3.59. The van der Waals surface area contributed by atoms with Gasteiger partial charge in [0.05, 0.1) is 18.7 Å². The molecule has 0 aromatic heterocycles. The van der Waals surface area contributed by atoms with Crippen LogP contribution in [0.15, 0.2) is 30.9 Å². The summed E-state index contributed by atoms with van der Waals surface area (Å²) in [6.45, 7) is 6.96. The van der Waals surface area contributed by atoms with Gasteiger partial charge in [0.15, 0.2) is 0 Å². The standard InChI is InChI=1S/C15H19F3N2O/c1-3-14(20-6-4-19-5-7-20)11-8-12(15(16,17)18)10-13(9-11)21-2/h3,8-10,14,19H,1,4-7H2,2H3/t14-/m1/s1. The molecule has 1 atom stereocenters. The molecule has 21 heavy (non-hydrogen) atoms. The number of alkyl halides is 3. The lowest BCUT2D eigenvalue weighted by atomic mass is 10.0. The largest absolute Gasteiger partial charge is 0.497 e. The van der Waals surface area contributed by atoms with E-state index in [1.807, 2.05) is 0 Å². The summed E-state index contributed by atoms with van der Waals surface area (Å²) in [5, 5.41) is 3.22. The van der Waals surface area contributed by atoms with E-state index in [1.165, 1.54) is 13.2 Å². The second-order valence-corrected chi connectivity index (χ2v) is 4.96. The topological polar surface area (TPSA) is 24.5 Å². The summed E-state index contributed by atoms with van der Waals surface area (Å²) in [6.07, 6.45) is -2.71. The predicted molar refractivity (Wildman–Crippen MR) is 75.4 cm³/mol. The van der Waals surface area contributed by atoms with E-state index >= 15 is 0 Å². The van der Waals surface area contributed by atoms with Gasteiger partial charge >= 0.3 is 6.18 Å². The Morgan fingerprint density at radius 1 is 1.29 bits per heavy atom. The Labute approximate surface area is 122 Å². The number of hydrogen-bond acceptors (Lipinski definition) is 3. The summed E-state index contributed by atoms with van der Waals surface area (Å²) in [4.78, 5) is 2.11. The van der Waals surface area contributed by atoms with Crippen molar-refractivity contribution in [1.82, 2.24) is 10.2 Å². The van der Waals surface area contributed by atoms with Crippen molar-refractivity contribution < 1.29 is 17.9 Å². The van der Waals surface area contributed by atoms with E-state index < -0.39 is 11.7 Å². The van der Waals surface area contributed by atoms with Gasteiger partial charge in [0.25, 0.3) is 0 Å². The first kappa shape index (κ1) is 15.9. The number of piperazine rings is 1. The van der Waals surface area contributed by atoms with Crippen LogP contribution in [0.4, 0.5) is 13.2 Å². The molecule has 1 N–H and O–H groups in total. The second kappa shape index (κ2) is 6.49. The van der Waals surface area contributed by atoms with Crippen molar-refractivity contribution in [2.75, 3.05) is 33.3 Å². The molecule has 3 nitrogen and oxygen atoms in total. The first-order valence-electron chi connectivity index (χ1n) is 6.79. The number of rotatable bonds is 4. The summed E-state index contributed by atoms with van der Waals surface area (Å²) >= 11 is 0. The third-order valence-corrected chi connectivity index (χ3v) is 3.60. The lowest BCUT2D eigenvalue weighted by molar-refractivity contribution is -0.137. The van der Waals surface area contributed by atoms with Gasteiger partial charge in [0.2, 0.25) is 0 Å². The van der Waals surface area contributed by atoms with Gasteiger partial charge in [-0.3, -0.25) is 4.90 Å². The Morgan fingerprint density at radius 2 is 1.95 bits per heavy atom. The number of methoxy groups -OCH3 is 1. The molecule has 116 valence electrons. The molecule has 1 aliphatic rings. The Balaban J connectivity index is 2.37. The fourth-order valence-corrected chi connectivity index (χ4v) is 2.53. The zero-order valence-corrected chi connectivity index (χ0v) is 11.9. The third-order valence-electron chi connectivity index (χ3n) is 3.60. The van der Waals surface area contributed by atoms with Crippen LogP contribution < -0.4 is 10.1 Å². The summed E-state index contributed by atoms with van der Waals surface area (Å²) in [5.74, 6) is 0.210. The van der Waals surface area contributed by atoms with Crippen LogP contribution in [0.1, 0.15) is 17.2 Å². The Kier molecular flexibility index (Phi) is 4.90. The molecule has 0 saturated carbocycles. The molecule has 1 aromatic rings. The minimum Gasteiger partial charge on any atom is -0.497 e. The van der Waals surface area contributed by atoms with Gasteiger partial charge in [-0.05, 0) is 23.8 Å². The van der Waals surface area contributed by atoms with Gasteiger partial charge in [-0.15, -0.1) is 6.58 Å². The van der Waals surface area contributed by atoms with Gasteiger partial charge in [0, 0.05) is 26.2 Å². The van der Waals surface area contributed by atoms with Crippen LogP contribution in [0, 0.1) is 0 Å². The molecule has 2 rings (SSSR count). The molecule has 6 heteroatoms. The quantitative estimate of drug-likeness (QED) is 0.865. The monoisotopic (exact) mass is 300 g/mol. The van der Waals surface area contributed by atoms with Gasteiger partial charge in [-0.2, -0.15) is 13.2 Å². The van der Waals surface area contributed by atoms with Crippen molar-refractivity contribution in [3.05, 3.63) is 42.0 Å². The summed E-state index contributed by atoms with van der Waals surface area (Å²) in [5.41, 5.74) is -0.141. The van der Waals surface area contributed by atoms with E-state index in [0.717, 1.165) is 32.2 Å². The van der Waals surface area contributed by atoms with E-state index in [9.17, 15) is 13.2 Å². The zero-order chi connectivity index (χ0) is 15.5. The molecule has 1 saturated heterocycles. The van der Waals surface area contributed by atoms with Crippen molar-refractivity contribution >= 4 is 0 Å². The highest BCUT2D eigenvalue weighted by atomic mass is 19.4. The maximum atomic E-state index is 13.0. The van der Waals surface area contributed by atoms with Crippen LogP contribution in [0.3, 0.4) is 0 Å². The van der Waals surface area contributed by atoms with Crippen LogP contribution in [0.5, 0.6) is 5.75 Å². The van der Waals surface area contributed by atoms with Crippen molar-refractivity contribution in [3.8, 4) is 5.75 Å². The number of nitrogens with one attached hydrogen (secondary N) is 1. The van der Waals surface area contributed by atoms with Gasteiger partial charge in [0.1, 0.15) is 5.75 Å². The highest BCUT2D eigenvalue weighted by molar-refractivity contribution is 5.38. The number of halogens is 3. The highest BCUT2D eigenvalue weighted by Crippen LogP contribution is 2.35. The average Bonchev–Trinajstić information content (AvgIpc) is 2.48. The maximum absolute atomic E-state index is 13.0. The van der Waals surface area contributed by atoms with Crippen molar-refractivity contribution in [2.45, 2.75) is 12.2 Å². The number of nitrogens with zero attached hydrogens (tertiary/aromatic N) is 1. The van der Waals surface area contributed by atoms with E-state index in [1.54, 1.807) is 12.1 Å². The molecular formula is C15H19F3N2O. The van der Waals surface area contributed by atoms with Crippen LogP contribution >= 0.6 is 0 Å². The summed E-state index contributed by atoms with van der Waals surface area (Å²) < 4.78 is 44.0. The maximum Gasteiger partial charge on any atom is 0.416 e.